The van der Waals surface area contributed by atoms with Crippen LogP contribution in [0.3, 0.4) is 0 Å². The normalized spacial score (nSPS) is 30.1. The summed E-state index contributed by atoms with van der Waals surface area (Å²) in [5.74, 6) is 1.31. The summed E-state index contributed by atoms with van der Waals surface area (Å²) in [5.41, 5.74) is 5.98. The van der Waals surface area contributed by atoms with Crippen LogP contribution in [0.2, 0.25) is 0 Å². The summed E-state index contributed by atoms with van der Waals surface area (Å²) in [6.45, 7) is 0. The first-order valence-electron chi connectivity index (χ1n) is 8.63. The average molecular weight is 298 g/mol. The van der Waals surface area contributed by atoms with Gasteiger partial charge < -0.3 is 4.74 Å². The van der Waals surface area contributed by atoms with Crippen LogP contribution >= 0.6 is 0 Å². The van der Waals surface area contributed by atoms with Gasteiger partial charge in [0.2, 0.25) is 0 Å². The standard InChI is InChI=1S/C22H18O/c1-2-6-14-10-18-17(9-13(14)5-1)21-19-11-15-7-3-4-8-16(15)12-20(19)22(18)23-21/h1-10,19-22H,11-12H2/t19?,20?,21-,22+. The molecule has 1 heteroatoms. The van der Waals surface area contributed by atoms with E-state index in [1.54, 1.807) is 0 Å². The molecular weight excluding hydrogens is 280 g/mol. The fourth-order valence-corrected chi connectivity index (χ4v) is 5.17. The molecule has 2 bridgehead atoms. The van der Waals surface area contributed by atoms with Crippen LogP contribution in [-0.2, 0) is 17.6 Å². The Kier molecular flexibility index (Phi) is 2.27. The highest BCUT2D eigenvalue weighted by atomic mass is 16.5. The van der Waals surface area contributed by atoms with Crippen LogP contribution < -0.4 is 0 Å². The van der Waals surface area contributed by atoms with Crippen LogP contribution in [0.15, 0.2) is 60.7 Å². The lowest BCUT2D eigenvalue weighted by Gasteiger charge is -2.34. The highest BCUT2D eigenvalue weighted by Gasteiger charge is 2.53. The Hall–Kier alpha value is -2.12. The van der Waals surface area contributed by atoms with Gasteiger partial charge in [-0.25, -0.2) is 0 Å². The van der Waals surface area contributed by atoms with Gasteiger partial charge in [0, 0.05) is 0 Å². The van der Waals surface area contributed by atoms with Crippen LogP contribution in [0.1, 0.15) is 34.5 Å². The Labute approximate surface area is 135 Å². The van der Waals surface area contributed by atoms with Gasteiger partial charge >= 0.3 is 0 Å². The Bertz CT molecular complexity index is 866. The summed E-state index contributed by atoms with van der Waals surface area (Å²) in [4.78, 5) is 0. The van der Waals surface area contributed by atoms with Crippen LogP contribution in [0.5, 0.6) is 0 Å². The second-order valence-corrected chi connectivity index (χ2v) is 7.31. The van der Waals surface area contributed by atoms with Crippen LogP contribution in [0.4, 0.5) is 0 Å². The maximum atomic E-state index is 6.49. The highest BCUT2D eigenvalue weighted by Crippen LogP contribution is 2.60. The van der Waals surface area contributed by atoms with E-state index >= 15 is 0 Å². The van der Waals surface area contributed by atoms with Crippen LogP contribution in [0.25, 0.3) is 10.8 Å². The van der Waals surface area contributed by atoms with E-state index in [4.69, 9.17) is 4.74 Å². The molecule has 0 N–H and O–H groups in total. The molecule has 0 amide bonds. The van der Waals surface area contributed by atoms with E-state index in [0.717, 1.165) is 0 Å². The van der Waals surface area contributed by atoms with E-state index in [0.29, 0.717) is 24.0 Å². The Balaban J connectivity index is 1.50. The SMILES string of the molecule is c1ccc2c(c1)CC1C(C2)[C@H]2O[C@@H]1c1cc3ccccc3cc12. The van der Waals surface area contributed by atoms with Crippen molar-refractivity contribution in [2.24, 2.45) is 11.8 Å². The Morgan fingerprint density at radius 2 is 1.13 bits per heavy atom. The lowest BCUT2D eigenvalue weighted by Crippen LogP contribution is -2.29. The van der Waals surface area contributed by atoms with E-state index < -0.39 is 0 Å². The topological polar surface area (TPSA) is 9.23 Å². The molecule has 0 aromatic heterocycles. The molecule has 1 fully saturated rings. The first-order valence-corrected chi connectivity index (χ1v) is 8.63. The molecule has 0 saturated carbocycles. The first kappa shape index (κ1) is 12.3. The lowest BCUT2D eigenvalue weighted by atomic mass is 9.67. The largest absolute Gasteiger partial charge is 0.365 e. The van der Waals surface area contributed by atoms with Crippen molar-refractivity contribution in [3.05, 3.63) is 82.9 Å². The first-order chi connectivity index (χ1) is 11.4. The third kappa shape index (κ3) is 1.56. The molecule has 2 aliphatic heterocycles. The number of ether oxygens (including phenoxy) is 1. The number of rotatable bonds is 0. The van der Waals surface area contributed by atoms with E-state index in [-0.39, 0.29) is 0 Å². The summed E-state index contributed by atoms with van der Waals surface area (Å²) in [6, 6.07) is 22.4. The zero-order chi connectivity index (χ0) is 15.0. The third-order valence-electron chi connectivity index (χ3n) is 6.21. The van der Waals surface area contributed by atoms with E-state index in [2.05, 4.69) is 60.7 Å². The van der Waals surface area contributed by atoms with E-state index in [9.17, 15) is 0 Å². The molecule has 3 aromatic rings. The van der Waals surface area contributed by atoms with Crippen molar-refractivity contribution in [3.63, 3.8) is 0 Å². The minimum Gasteiger partial charge on any atom is -0.365 e. The van der Waals surface area contributed by atoms with Crippen molar-refractivity contribution in [2.45, 2.75) is 25.0 Å². The zero-order valence-electron chi connectivity index (χ0n) is 12.9. The van der Waals surface area contributed by atoms with Crippen molar-refractivity contribution >= 4 is 10.8 Å². The third-order valence-corrected chi connectivity index (χ3v) is 6.21. The number of hydrogen-bond acceptors (Lipinski definition) is 1. The summed E-state index contributed by atoms with van der Waals surface area (Å²) in [6.07, 6.45) is 2.96. The van der Waals surface area contributed by atoms with Gasteiger partial charge in [-0.05, 0) is 69.8 Å². The van der Waals surface area contributed by atoms with Gasteiger partial charge in [-0.2, -0.15) is 0 Å². The van der Waals surface area contributed by atoms with E-state index in [1.807, 2.05) is 0 Å². The van der Waals surface area contributed by atoms with Gasteiger partial charge in [0.25, 0.3) is 0 Å². The van der Waals surface area contributed by atoms with Crippen molar-refractivity contribution in [3.8, 4) is 0 Å². The molecule has 112 valence electrons. The molecular formula is C22H18O. The van der Waals surface area contributed by atoms with Crippen molar-refractivity contribution in [1.29, 1.82) is 0 Å². The maximum absolute atomic E-state index is 6.49. The fraction of sp³-hybridized carbons (Fsp3) is 0.273. The molecule has 3 aliphatic rings. The minimum absolute atomic E-state index is 0.304. The summed E-state index contributed by atoms with van der Waals surface area (Å²) < 4.78 is 6.49. The molecule has 1 nitrogen and oxygen atoms in total. The molecule has 1 saturated heterocycles. The monoisotopic (exact) mass is 298 g/mol. The molecule has 2 heterocycles. The maximum Gasteiger partial charge on any atom is 0.0872 e. The predicted octanol–water partition coefficient (Wildman–Crippen LogP) is 5.00. The summed E-state index contributed by atoms with van der Waals surface area (Å²) in [7, 11) is 0. The van der Waals surface area contributed by atoms with Crippen LogP contribution in [0, 0.1) is 11.8 Å². The molecule has 1 aliphatic carbocycles. The Morgan fingerprint density at radius 3 is 1.65 bits per heavy atom. The van der Waals surface area contributed by atoms with Crippen molar-refractivity contribution in [1.82, 2.24) is 0 Å². The number of hydrogen-bond donors (Lipinski definition) is 0. The summed E-state index contributed by atoms with van der Waals surface area (Å²) >= 11 is 0. The van der Waals surface area contributed by atoms with Crippen LogP contribution in [-0.4, -0.2) is 0 Å². The predicted molar refractivity (Wildman–Crippen MR) is 91.3 cm³/mol. The van der Waals surface area contributed by atoms with E-state index in [1.165, 1.54) is 45.9 Å². The quantitative estimate of drug-likeness (QED) is 0.567. The smallest absolute Gasteiger partial charge is 0.0872 e. The molecule has 3 aromatic carbocycles. The molecule has 23 heavy (non-hydrogen) atoms. The van der Waals surface area contributed by atoms with Crippen molar-refractivity contribution < 1.29 is 4.74 Å². The fourth-order valence-electron chi connectivity index (χ4n) is 5.17. The van der Waals surface area contributed by atoms with Crippen molar-refractivity contribution in [2.75, 3.05) is 0 Å². The molecule has 0 spiro atoms. The highest BCUT2D eigenvalue weighted by molar-refractivity contribution is 5.84. The van der Waals surface area contributed by atoms with Gasteiger partial charge in [-0.1, -0.05) is 48.5 Å². The number of fused-ring (bicyclic) bond motifs is 10. The minimum atomic E-state index is 0.304. The molecule has 0 radical (unpaired) electrons. The summed E-state index contributed by atoms with van der Waals surface area (Å²) in [5, 5.41) is 2.69. The Morgan fingerprint density at radius 1 is 0.652 bits per heavy atom. The lowest BCUT2D eigenvalue weighted by molar-refractivity contribution is 0.0546. The van der Waals surface area contributed by atoms with Gasteiger partial charge in [0.15, 0.2) is 0 Å². The average Bonchev–Trinajstić information content (AvgIpc) is 3.14. The second kappa shape index (κ2) is 4.24. The molecule has 6 rings (SSSR count). The van der Waals surface area contributed by atoms with Gasteiger partial charge in [0.1, 0.15) is 0 Å². The van der Waals surface area contributed by atoms with Gasteiger partial charge in [-0.3, -0.25) is 0 Å². The van der Waals surface area contributed by atoms with Gasteiger partial charge in [-0.15, -0.1) is 0 Å². The van der Waals surface area contributed by atoms with Gasteiger partial charge in [0.05, 0.1) is 12.2 Å². The zero-order valence-corrected chi connectivity index (χ0v) is 12.9. The second-order valence-electron chi connectivity index (χ2n) is 7.31. The number of benzene rings is 3. The molecule has 2 unspecified atom stereocenters. The molecule has 4 atom stereocenters.